The van der Waals surface area contributed by atoms with Crippen molar-refractivity contribution in [1.82, 2.24) is 15.3 Å². The first kappa shape index (κ1) is 15.8. The lowest BCUT2D eigenvalue weighted by atomic mass is 10.1. The minimum Gasteiger partial charge on any atom is -0.392 e. The lowest BCUT2D eigenvalue weighted by molar-refractivity contribution is 0.119. The molecule has 0 amide bonds. The molecule has 5 heteroatoms. The van der Waals surface area contributed by atoms with Gasteiger partial charge in [-0.15, -0.1) is 0 Å². The molecule has 1 aliphatic rings. The van der Waals surface area contributed by atoms with Gasteiger partial charge in [0, 0.05) is 19.0 Å². The quantitative estimate of drug-likeness (QED) is 0.707. The molecule has 0 spiro atoms. The molecule has 1 aromatic heterocycles. The van der Waals surface area contributed by atoms with E-state index in [4.69, 9.17) is 11.6 Å². The van der Waals surface area contributed by atoms with Crippen molar-refractivity contribution in [2.75, 3.05) is 0 Å². The van der Waals surface area contributed by atoms with Gasteiger partial charge in [-0.05, 0) is 19.3 Å². The van der Waals surface area contributed by atoms with Crippen LogP contribution in [0.5, 0.6) is 0 Å². The molecule has 1 fully saturated rings. The number of hydrogen-bond acceptors (Lipinski definition) is 3. The van der Waals surface area contributed by atoms with Crippen LogP contribution in [0.3, 0.4) is 0 Å². The summed E-state index contributed by atoms with van der Waals surface area (Å²) in [5.41, 5.74) is 0.939. The van der Waals surface area contributed by atoms with Crippen LogP contribution in [-0.4, -0.2) is 27.2 Å². The van der Waals surface area contributed by atoms with Crippen LogP contribution in [0.25, 0.3) is 0 Å². The third-order valence-electron chi connectivity index (χ3n) is 4.06. The van der Waals surface area contributed by atoms with E-state index in [9.17, 15) is 5.11 Å². The van der Waals surface area contributed by atoms with Crippen molar-refractivity contribution in [2.24, 2.45) is 0 Å². The molecule has 3 N–H and O–H groups in total. The Balaban J connectivity index is 1.87. The van der Waals surface area contributed by atoms with Gasteiger partial charge in [0.15, 0.2) is 5.15 Å². The first-order valence-corrected chi connectivity index (χ1v) is 8.23. The second-order valence-electron chi connectivity index (χ2n) is 5.75. The molecule has 4 nitrogen and oxygen atoms in total. The Hall–Kier alpha value is -0.580. The fourth-order valence-electron chi connectivity index (χ4n) is 2.78. The van der Waals surface area contributed by atoms with Gasteiger partial charge in [-0.1, -0.05) is 44.2 Å². The Morgan fingerprint density at radius 3 is 2.95 bits per heavy atom. The standard InChI is InChI=1S/C15H26ClN3O/c1-2-3-9-14-18-12(15(16)19-14)10-17-11-7-5-4-6-8-13(11)20/h11,13,17,20H,2-10H2,1H3,(H,18,19). The molecule has 1 aromatic rings. The molecule has 0 aromatic carbocycles. The predicted molar refractivity (Wildman–Crippen MR) is 81.9 cm³/mol. The topological polar surface area (TPSA) is 60.9 Å². The molecule has 0 radical (unpaired) electrons. The number of nitrogens with one attached hydrogen (secondary N) is 2. The smallest absolute Gasteiger partial charge is 0.151 e. The molecule has 0 saturated heterocycles. The van der Waals surface area contributed by atoms with Crippen LogP contribution in [-0.2, 0) is 13.0 Å². The van der Waals surface area contributed by atoms with Gasteiger partial charge in [0.1, 0.15) is 5.82 Å². The molecule has 2 rings (SSSR count). The van der Waals surface area contributed by atoms with E-state index in [-0.39, 0.29) is 12.1 Å². The minimum absolute atomic E-state index is 0.177. The molecule has 0 bridgehead atoms. The Bertz CT molecular complexity index is 408. The summed E-state index contributed by atoms with van der Waals surface area (Å²) < 4.78 is 0. The van der Waals surface area contributed by atoms with Gasteiger partial charge in [0.05, 0.1) is 11.8 Å². The maximum Gasteiger partial charge on any atom is 0.151 e. The number of nitrogens with zero attached hydrogens (tertiary/aromatic N) is 1. The first-order chi connectivity index (χ1) is 9.70. The van der Waals surface area contributed by atoms with Crippen LogP contribution in [0.15, 0.2) is 0 Å². The van der Waals surface area contributed by atoms with Crippen LogP contribution < -0.4 is 5.32 Å². The highest BCUT2D eigenvalue weighted by Crippen LogP contribution is 2.19. The van der Waals surface area contributed by atoms with E-state index >= 15 is 0 Å². The van der Waals surface area contributed by atoms with E-state index in [0.29, 0.717) is 11.7 Å². The van der Waals surface area contributed by atoms with Crippen molar-refractivity contribution < 1.29 is 5.11 Å². The van der Waals surface area contributed by atoms with Crippen LogP contribution in [0.2, 0.25) is 5.15 Å². The van der Waals surface area contributed by atoms with E-state index in [1.165, 1.54) is 12.8 Å². The van der Waals surface area contributed by atoms with E-state index < -0.39 is 0 Å². The highest BCUT2D eigenvalue weighted by Gasteiger charge is 2.21. The lowest BCUT2D eigenvalue weighted by Crippen LogP contribution is -2.38. The van der Waals surface area contributed by atoms with E-state index in [0.717, 1.165) is 50.0 Å². The maximum atomic E-state index is 10.1. The third kappa shape index (κ3) is 4.47. The Kier molecular flexibility index (Phi) is 6.33. The summed E-state index contributed by atoms with van der Waals surface area (Å²) in [4.78, 5) is 7.66. The van der Waals surface area contributed by atoms with E-state index in [1.807, 2.05) is 0 Å². The Labute approximate surface area is 126 Å². The summed E-state index contributed by atoms with van der Waals surface area (Å²) in [6, 6.07) is 0.177. The number of aliphatic hydroxyl groups is 1. The zero-order chi connectivity index (χ0) is 14.4. The van der Waals surface area contributed by atoms with E-state index in [1.54, 1.807) is 0 Å². The predicted octanol–water partition coefficient (Wildman–Crippen LogP) is 3.19. The summed E-state index contributed by atoms with van der Waals surface area (Å²) in [6.07, 6.45) is 8.46. The highest BCUT2D eigenvalue weighted by molar-refractivity contribution is 6.30. The monoisotopic (exact) mass is 299 g/mol. The normalized spacial score (nSPS) is 23.8. The zero-order valence-corrected chi connectivity index (χ0v) is 13.0. The number of imidazole rings is 1. The summed E-state index contributed by atoms with van der Waals surface area (Å²) in [5, 5.41) is 14.1. The minimum atomic E-state index is -0.237. The molecule has 2 atom stereocenters. The largest absolute Gasteiger partial charge is 0.392 e. The SMILES string of the molecule is CCCCc1nc(Cl)c(CNC2CCCCCC2O)[nH]1. The fourth-order valence-corrected chi connectivity index (χ4v) is 2.99. The molecule has 0 aliphatic heterocycles. The lowest BCUT2D eigenvalue weighted by Gasteiger charge is -2.21. The van der Waals surface area contributed by atoms with Gasteiger partial charge >= 0.3 is 0 Å². The number of aromatic nitrogens is 2. The number of aryl methyl sites for hydroxylation is 1. The summed E-state index contributed by atoms with van der Waals surface area (Å²) >= 11 is 6.17. The van der Waals surface area contributed by atoms with Gasteiger partial charge in [-0.2, -0.15) is 0 Å². The summed E-state index contributed by atoms with van der Waals surface area (Å²) in [6.45, 7) is 2.82. The second-order valence-corrected chi connectivity index (χ2v) is 6.11. The third-order valence-corrected chi connectivity index (χ3v) is 4.38. The van der Waals surface area contributed by atoms with Crippen molar-refractivity contribution in [3.63, 3.8) is 0 Å². The summed E-state index contributed by atoms with van der Waals surface area (Å²) in [7, 11) is 0. The van der Waals surface area contributed by atoms with Gasteiger partial charge in [0.2, 0.25) is 0 Å². The van der Waals surface area contributed by atoms with Crippen LogP contribution in [0, 0.1) is 0 Å². The van der Waals surface area contributed by atoms with Gasteiger partial charge < -0.3 is 15.4 Å². The van der Waals surface area contributed by atoms with Crippen LogP contribution in [0.4, 0.5) is 0 Å². The molecule has 1 heterocycles. The number of H-pyrrole nitrogens is 1. The van der Waals surface area contributed by atoms with Gasteiger partial charge in [-0.3, -0.25) is 0 Å². The van der Waals surface area contributed by atoms with Crippen molar-refractivity contribution in [2.45, 2.75) is 77.0 Å². The number of rotatable bonds is 6. The van der Waals surface area contributed by atoms with Crippen LogP contribution >= 0.6 is 11.6 Å². The molecular weight excluding hydrogens is 274 g/mol. The first-order valence-electron chi connectivity index (χ1n) is 7.85. The fraction of sp³-hybridized carbons (Fsp3) is 0.800. The molecule has 1 saturated carbocycles. The number of aromatic amines is 1. The number of hydrogen-bond donors (Lipinski definition) is 3. The Morgan fingerprint density at radius 2 is 2.15 bits per heavy atom. The average Bonchev–Trinajstić information content (AvgIpc) is 2.65. The van der Waals surface area contributed by atoms with Gasteiger partial charge in [-0.25, -0.2) is 4.98 Å². The molecular formula is C15H26ClN3O. The zero-order valence-electron chi connectivity index (χ0n) is 12.3. The molecule has 1 aliphatic carbocycles. The van der Waals surface area contributed by atoms with Crippen molar-refractivity contribution >= 4 is 11.6 Å². The number of unbranched alkanes of at least 4 members (excludes halogenated alkanes) is 1. The molecule has 114 valence electrons. The van der Waals surface area contributed by atoms with Crippen molar-refractivity contribution in [1.29, 1.82) is 0 Å². The van der Waals surface area contributed by atoms with E-state index in [2.05, 4.69) is 22.2 Å². The second kappa shape index (κ2) is 8.01. The molecule has 2 unspecified atom stereocenters. The maximum absolute atomic E-state index is 10.1. The summed E-state index contributed by atoms with van der Waals surface area (Å²) in [5.74, 6) is 0.968. The van der Waals surface area contributed by atoms with Crippen LogP contribution in [0.1, 0.15) is 63.4 Å². The van der Waals surface area contributed by atoms with Crippen molar-refractivity contribution in [3.05, 3.63) is 16.7 Å². The van der Waals surface area contributed by atoms with Gasteiger partial charge in [0.25, 0.3) is 0 Å². The molecule has 20 heavy (non-hydrogen) atoms. The Morgan fingerprint density at radius 1 is 1.35 bits per heavy atom. The average molecular weight is 300 g/mol. The number of halogens is 1. The van der Waals surface area contributed by atoms with Crippen molar-refractivity contribution in [3.8, 4) is 0 Å². The number of aliphatic hydroxyl groups excluding tert-OH is 1. The highest BCUT2D eigenvalue weighted by atomic mass is 35.5.